The van der Waals surface area contributed by atoms with Gasteiger partial charge in [-0.2, -0.15) is 0 Å². The van der Waals surface area contributed by atoms with E-state index in [2.05, 4.69) is 15.3 Å². The molecule has 0 spiro atoms. The summed E-state index contributed by atoms with van der Waals surface area (Å²) in [6.07, 6.45) is 3.51. The van der Waals surface area contributed by atoms with Crippen LogP contribution in [-0.2, 0) is 0 Å². The molecule has 0 aliphatic heterocycles. The second-order valence-electron chi connectivity index (χ2n) is 4.26. The zero-order valence-corrected chi connectivity index (χ0v) is 10.3. The lowest BCUT2D eigenvalue weighted by atomic mass is 10.2. The molecule has 18 heavy (non-hydrogen) atoms. The van der Waals surface area contributed by atoms with Crippen molar-refractivity contribution in [2.45, 2.75) is 0 Å². The van der Waals surface area contributed by atoms with Crippen LogP contribution < -0.4 is 4.90 Å². The number of hydrogen-bond acceptors (Lipinski definition) is 4. The van der Waals surface area contributed by atoms with E-state index in [1.54, 1.807) is 10.9 Å². The van der Waals surface area contributed by atoms with Gasteiger partial charge in [-0.3, -0.25) is 0 Å². The van der Waals surface area contributed by atoms with Gasteiger partial charge in [0.15, 0.2) is 0 Å². The minimum atomic E-state index is 0.902. The smallest absolute Gasteiger partial charge is 0.130 e. The molecule has 0 unspecified atom stereocenters. The van der Waals surface area contributed by atoms with Crippen LogP contribution in [0, 0.1) is 0 Å². The molecule has 0 amide bonds. The maximum absolute atomic E-state index is 4.61. The number of para-hydroxylation sites is 1. The van der Waals surface area contributed by atoms with Gasteiger partial charge < -0.3 is 4.90 Å². The Morgan fingerprint density at radius 2 is 2.00 bits per heavy atom. The van der Waals surface area contributed by atoms with E-state index in [-0.39, 0.29) is 0 Å². The third-order valence-corrected chi connectivity index (χ3v) is 2.81. The highest BCUT2D eigenvalue weighted by Gasteiger charge is 2.08. The highest BCUT2D eigenvalue weighted by atomic mass is 15.4. The van der Waals surface area contributed by atoms with E-state index in [1.165, 1.54) is 0 Å². The zero-order valence-electron chi connectivity index (χ0n) is 10.3. The molecule has 5 heteroatoms. The first kappa shape index (κ1) is 10.7. The lowest BCUT2D eigenvalue weighted by Gasteiger charge is -2.14. The molecule has 0 radical (unpaired) electrons. The molecule has 0 atom stereocenters. The fraction of sp³-hybridized carbons (Fsp3) is 0.154. The average Bonchev–Trinajstić information content (AvgIpc) is 2.91. The van der Waals surface area contributed by atoms with Gasteiger partial charge in [-0.1, -0.05) is 23.4 Å². The van der Waals surface area contributed by atoms with Crippen molar-refractivity contribution in [2.75, 3.05) is 19.0 Å². The maximum Gasteiger partial charge on any atom is 0.130 e. The first-order valence-electron chi connectivity index (χ1n) is 5.69. The zero-order chi connectivity index (χ0) is 12.5. The van der Waals surface area contributed by atoms with Crippen molar-refractivity contribution in [2.24, 2.45) is 0 Å². The van der Waals surface area contributed by atoms with Gasteiger partial charge in [0.25, 0.3) is 0 Å². The third-order valence-electron chi connectivity index (χ3n) is 2.81. The summed E-state index contributed by atoms with van der Waals surface area (Å²) in [7, 11) is 3.95. The van der Waals surface area contributed by atoms with Crippen molar-refractivity contribution in [1.82, 2.24) is 20.0 Å². The Kier molecular flexibility index (Phi) is 2.44. The van der Waals surface area contributed by atoms with Crippen molar-refractivity contribution in [3.63, 3.8) is 0 Å². The van der Waals surface area contributed by atoms with Crippen LogP contribution in [0.1, 0.15) is 0 Å². The molecule has 0 aliphatic rings. The van der Waals surface area contributed by atoms with E-state index in [9.17, 15) is 0 Å². The summed E-state index contributed by atoms with van der Waals surface area (Å²) in [5, 5.41) is 8.98. The van der Waals surface area contributed by atoms with Crippen molar-refractivity contribution in [1.29, 1.82) is 0 Å². The number of aromatic nitrogens is 4. The molecular formula is C13H13N5. The number of pyridine rings is 1. The van der Waals surface area contributed by atoms with Crippen molar-refractivity contribution >= 4 is 16.7 Å². The number of rotatable bonds is 2. The number of nitrogens with zero attached hydrogens (tertiary/aromatic N) is 5. The summed E-state index contributed by atoms with van der Waals surface area (Å²) in [5.74, 6) is 0.902. The van der Waals surface area contributed by atoms with Crippen LogP contribution >= 0.6 is 0 Å². The van der Waals surface area contributed by atoms with Gasteiger partial charge in [0.1, 0.15) is 5.82 Å². The molecule has 3 rings (SSSR count). The highest BCUT2D eigenvalue weighted by Crippen LogP contribution is 2.24. The second kappa shape index (κ2) is 4.10. The topological polar surface area (TPSA) is 46.8 Å². The Balaban J connectivity index is 2.34. The van der Waals surface area contributed by atoms with E-state index >= 15 is 0 Å². The van der Waals surface area contributed by atoms with Crippen LogP contribution in [-0.4, -0.2) is 34.1 Å². The number of fused-ring (bicyclic) bond motifs is 1. The van der Waals surface area contributed by atoms with E-state index in [0.717, 1.165) is 22.4 Å². The summed E-state index contributed by atoms with van der Waals surface area (Å²) < 4.78 is 1.76. The standard InChI is InChI=1S/C13H13N5/c1-17(2)13-9-12(18-8-7-14-16-18)10-5-3-4-6-11(10)15-13/h3-9H,1-2H3. The van der Waals surface area contributed by atoms with E-state index in [4.69, 9.17) is 0 Å². The SMILES string of the molecule is CN(C)c1cc(-n2ccnn2)c2ccccc2n1. The lowest BCUT2D eigenvalue weighted by molar-refractivity contribution is 0.806. The minimum Gasteiger partial charge on any atom is -0.363 e. The van der Waals surface area contributed by atoms with Gasteiger partial charge >= 0.3 is 0 Å². The molecule has 0 saturated carbocycles. The second-order valence-corrected chi connectivity index (χ2v) is 4.26. The van der Waals surface area contributed by atoms with Crippen molar-refractivity contribution in [3.8, 4) is 5.69 Å². The highest BCUT2D eigenvalue weighted by molar-refractivity contribution is 5.88. The number of anilines is 1. The van der Waals surface area contributed by atoms with Crippen LogP contribution in [0.5, 0.6) is 0 Å². The fourth-order valence-electron chi connectivity index (χ4n) is 1.90. The molecular weight excluding hydrogens is 226 g/mol. The summed E-state index contributed by atoms with van der Waals surface area (Å²) in [6.45, 7) is 0. The summed E-state index contributed by atoms with van der Waals surface area (Å²) in [4.78, 5) is 6.59. The molecule has 2 heterocycles. The molecule has 0 saturated heterocycles. The Morgan fingerprint density at radius 1 is 1.17 bits per heavy atom. The molecule has 1 aromatic carbocycles. The molecule has 90 valence electrons. The van der Waals surface area contributed by atoms with Crippen LogP contribution in [0.4, 0.5) is 5.82 Å². The lowest BCUT2D eigenvalue weighted by Crippen LogP contribution is -2.11. The predicted octanol–water partition coefficient (Wildman–Crippen LogP) is 1.88. The molecule has 0 N–H and O–H groups in total. The van der Waals surface area contributed by atoms with Crippen molar-refractivity contribution in [3.05, 3.63) is 42.7 Å². The number of hydrogen-bond donors (Lipinski definition) is 0. The van der Waals surface area contributed by atoms with E-state index in [1.807, 2.05) is 55.5 Å². The van der Waals surface area contributed by atoms with Crippen LogP contribution in [0.25, 0.3) is 16.6 Å². The Bertz CT molecular complexity index is 673. The van der Waals surface area contributed by atoms with Gasteiger partial charge in [-0.25, -0.2) is 9.67 Å². The summed E-state index contributed by atoms with van der Waals surface area (Å²) >= 11 is 0. The fourth-order valence-corrected chi connectivity index (χ4v) is 1.90. The van der Waals surface area contributed by atoms with E-state index < -0.39 is 0 Å². The normalized spacial score (nSPS) is 10.8. The molecule has 5 nitrogen and oxygen atoms in total. The first-order chi connectivity index (χ1) is 8.75. The molecule has 3 aromatic rings. The minimum absolute atomic E-state index is 0.902. The molecule has 0 aliphatic carbocycles. The summed E-state index contributed by atoms with van der Waals surface area (Å²) in [6, 6.07) is 10.0. The van der Waals surface area contributed by atoms with Gasteiger partial charge in [0.05, 0.1) is 23.6 Å². The van der Waals surface area contributed by atoms with Crippen LogP contribution in [0.3, 0.4) is 0 Å². The Morgan fingerprint density at radius 3 is 2.72 bits per heavy atom. The maximum atomic E-state index is 4.61. The van der Waals surface area contributed by atoms with Crippen molar-refractivity contribution < 1.29 is 0 Å². The predicted molar refractivity (Wildman–Crippen MR) is 71.0 cm³/mol. The Hall–Kier alpha value is -2.43. The Labute approximate surface area is 105 Å². The first-order valence-corrected chi connectivity index (χ1v) is 5.69. The molecule has 2 aromatic heterocycles. The van der Waals surface area contributed by atoms with Gasteiger partial charge in [0, 0.05) is 25.5 Å². The van der Waals surface area contributed by atoms with E-state index in [0.29, 0.717) is 0 Å². The van der Waals surface area contributed by atoms with Crippen LogP contribution in [0.15, 0.2) is 42.7 Å². The summed E-state index contributed by atoms with van der Waals surface area (Å²) in [5.41, 5.74) is 1.94. The van der Waals surface area contributed by atoms with Gasteiger partial charge in [-0.05, 0) is 6.07 Å². The third kappa shape index (κ3) is 1.69. The largest absolute Gasteiger partial charge is 0.363 e. The quantitative estimate of drug-likeness (QED) is 0.685. The van der Waals surface area contributed by atoms with Gasteiger partial charge in [-0.15, -0.1) is 5.10 Å². The van der Waals surface area contributed by atoms with Gasteiger partial charge in [0.2, 0.25) is 0 Å². The van der Waals surface area contributed by atoms with Crippen LogP contribution in [0.2, 0.25) is 0 Å². The number of benzene rings is 1. The average molecular weight is 239 g/mol. The molecule has 0 fully saturated rings. The molecule has 0 bridgehead atoms. The monoisotopic (exact) mass is 239 g/mol.